The van der Waals surface area contributed by atoms with Crippen molar-refractivity contribution in [1.29, 1.82) is 0 Å². The van der Waals surface area contributed by atoms with Crippen molar-refractivity contribution in [2.45, 2.75) is 79.7 Å². The molecule has 62 heavy (non-hydrogen) atoms. The second-order valence-electron chi connectivity index (χ2n) is 17.3. The van der Waals surface area contributed by atoms with Crippen LogP contribution in [0.1, 0.15) is 74.9 Å². The third-order valence-corrected chi connectivity index (χ3v) is 11.2. The fourth-order valence-corrected chi connectivity index (χ4v) is 8.63. The maximum atomic E-state index is 13.9. The highest BCUT2D eigenvalue weighted by atomic mass is 19.1. The Bertz CT molecular complexity index is 2680. The SMILES string of the molecule is COc1cc(F)ccc1-c1ccc2c(c1COc1ccc(C)cc1)C(C)=CC(C)(C)N2.COc1cc(F)ccc1-c1ccc2c(c1COc1cccc(C)c1)C(C)=CC(C)(C)N2. The molecule has 0 radical (unpaired) electrons. The second-order valence-corrected chi connectivity index (χ2v) is 17.3. The van der Waals surface area contributed by atoms with Gasteiger partial charge in [0, 0.05) is 56.9 Å². The highest BCUT2D eigenvalue weighted by molar-refractivity contribution is 5.90. The largest absolute Gasteiger partial charge is 0.496 e. The van der Waals surface area contributed by atoms with Crippen LogP contribution in [0.2, 0.25) is 0 Å². The smallest absolute Gasteiger partial charge is 0.129 e. The van der Waals surface area contributed by atoms with Gasteiger partial charge in [-0.05, 0) is 144 Å². The van der Waals surface area contributed by atoms with E-state index in [1.807, 2.05) is 55.5 Å². The number of hydrogen-bond donors (Lipinski definition) is 2. The first-order chi connectivity index (χ1) is 29.5. The summed E-state index contributed by atoms with van der Waals surface area (Å²) in [6.07, 6.45) is 4.47. The number of methoxy groups -OCH3 is 2. The molecule has 0 amide bonds. The number of hydrogen-bond acceptors (Lipinski definition) is 6. The summed E-state index contributed by atoms with van der Waals surface area (Å²) in [5.41, 5.74) is 14.5. The molecular formula is C54H56F2N2O4. The lowest BCUT2D eigenvalue weighted by atomic mass is 9.85. The van der Waals surface area contributed by atoms with Gasteiger partial charge in [0.1, 0.15) is 47.8 Å². The molecule has 0 bridgehead atoms. The average Bonchev–Trinajstić information content (AvgIpc) is 3.21. The van der Waals surface area contributed by atoms with Crippen molar-refractivity contribution in [3.05, 3.63) is 166 Å². The first-order valence-electron chi connectivity index (χ1n) is 20.9. The Labute approximate surface area is 365 Å². The summed E-state index contributed by atoms with van der Waals surface area (Å²) in [5.74, 6) is 1.99. The van der Waals surface area contributed by atoms with Gasteiger partial charge in [0.2, 0.25) is 0 Å². The van der Waals surface area contributed by atoms with Crippen LogP contribution in [-0.4, -0.2) is 25.3 Å². The summed E-state index contributed by atoms with van der Waals surface area (Å²) in [4.78, 5) is 0. The standard InChI is InChI=1S/2C27H28FNO2/c1-17-6-9-20(10-7-17)31-16-23-21(22-11-8-19(28)14-25(22)30-5)12-13-24-26(23)18(2)15-27(3,4)29-24;1-17-7-6-8-20(13-17)31-16-23-21(22-10-9-19(28)14-25(22)30-5)11-12-24-26(23)18(2)15-27(3,4)29-24/h2*6-15,29H,16H2,1-5H3. The number of benzene rings is 6. The minimum atomic E-state index is -0.324. The van der Waals surface area contributed by atoms with E-state index in [2.05, 4.69) is 95.5 Å². The summed E-state index contributed by atoms with van der Waals surface area (Å²) in [5, 5.41) is 7.21. The maximum absolute atomic E-state index is 13.9. The third kappa shape index (κ3) is 9.65. The van der Waals surface area contributed by atoms with E-state index in [0.29, 0.717) is 24.7 Å². The van der Waals surface area contributed by atoms with Crippen LogP contribution in [0.15, 0.2) is 121 Å². The summed E-state index contributed by atoms with van der Waals surface area (Å²) in [6, 6.07) is 33.7. The number of allylic oxidation sites excluding steroid dienone is 2. The zero-order valence-electron chi connectivity index (χ0n) is 37.4. The lowest BCUT2D eigenvalue weighted by Crippen LogP contribution is -2.32. The molecule has 0 unspecified atom stereocenters. The summed E-state index contributed by atoms with van der Waals surface area (Å²) in [7, 11) is 3.13. The predicted molar refractivity (Wildman–Crippen MR) is 251 cm³/mol. The van der Waals surface area contributed by atoms with Gasteiger partial charge in [-0.25, -0.2) is 8.78 Å². The van der Waals surface area contributed by atoms with Crippen molar-refractivity contribution >= 4 is 22.5 Å². The van der Waals surface area contributed by atoms with E-state index >= 15 is 0 Å². The molecule has 6 nitrogen and oxygen atoms in total. The van der Waals surface area contributed by atoms with Crippen molar-refractivity contribution in [2.24, 2.45) is 0 Å². The van der Waals surface area contributed by atoms with Crippen molar-refractivity contribution < 1.29 is 27.7 Å². The molecule has 2 aliphatic rings. The van der Waals surface area contributed by atoms with Crippen LogP contribution in [0.4, 0.5) is 20.2 Å². The first kappa shape index (κ1) is 43.5. The third-order valence-electron chi connectivity index (χ3n) is 11.2. The van der Waals surface area contributed by atoms with Crippen LogP contribution >= 0.6 is 0 Å². The van der Waals surface area contributed by atoms with E-state index in [1.165, 1.54) is 41.0 Å². The van der Waals surface area contributed by atoms with Crippen LogP contribution in [0.5, 0.6) is 23.0 Å². The van der Waals surface area contributed by atoms with Crippen LogP contribution in [0.3, 0.4) is 0 Å². The molecule has 0 atom stereocenters. The quantitative estimate of drug-likeness (QED) is 0.143. The van der Waals surface area contributed by atoms with Gasteiger partial charge in [-0.3, -0.25) is 0 Å². The van der Waals surface area contributed by atoms with Gasteiger partial charge in [-0.1, -0.05) is 54.1 Å². The molecule has 2 aliphatic heterocycles. The minimum absolute atomic E-state index is 0.138. The number of fused-ring (bicyclic) bond motifs is 2. The summed E-state index contributed by atoms with van der Waals surface area (Å²) < 4.78 is 51.1. The molecule has 6 aromatic carbocycles. The molecule has 2 N–H and O–H groups in total. The van der Waals surface area contributed by atoms with Gasteiger partial charge in [0.15, 0.2) is 0 Å². The number of anilines is 2. The molecule has 0 aromatic heterocycles. The second kappa shape index (κ2) is 17.8. The van der Waals surface area contributed by atoms with Crippen molar-refractivity contribution in [2.75, 3.05) is 24.9 Å². The molecule has 8 rings (SSSR count). The number of halogens is 2. The van der Waals surface area contributed by atoms with Gasteiger partial charge in [-0.2, -0.15) is 0 Å². The monoisotopic (exact) mass is 834 g/mol. The van der Waals surface area contributed by atoms with Crippen LogP contribution in [0, 0.1) is 25.5 Å². The Morgan fingerprint density at radius 1 is 0.484 bits per heavy atom. The molecule has 0 saturated carbocycles. The minimum Gasteiger partial charge on any atom is -0.496 e. The van der Waals surface area contributed by atoms with E-state index in [1.54, 1.807) is 26.4 Å². The predicted octanol–water partition coefficient (Wildman–Crippen LogP) is 14.0. The molecule has 8 heteroatoms. The lowest BCUT2D eigenvalue weighted by Gasteiger charge is -2.33. The Morgan fingerprint density at radius 3 is 1.39 bits per heavy atom. The molecule has 6 aromatic rings. The number of aryl methyl sites for hydroxylation is 2. The maximum Gasteiger partial charge on any atom is 0.129 e. The average molecular weight is 835 g/mol. The Kier molecular flexibility index (Phi) is 12.5. The number of ether oxygens (including phenoxy) is 4. The highest BCUT2D eigenvalue weighted by Gasteiger charge is 2.29. The molecule has 0 saturated heterocycles. The van der Waals surface area contributed by atoms with Crippen molar-refractivity contribution in [3.8, 4) is 45.3 Å². The van der Waals surface area contributed by atoms with E-state index < -0.39 is 0 Å². The fraction of sp³-hybridized carbons (Fsp3) is 0.259. The van der Waals surface area contributed by atoms with Gasteiger partial charge in [0.25, 0.3) is 0 Å². The molecule has 0 aliphatic carbocycles. The normalized spacial score (nSPS) is 14.3. The van der Waals surface area contributed by atoms with Crippen LogP contribution in [0.25, 0.3) is 33.4 Å². The topological polar surface area (TPSA) is 61.0 Å². The van der Waals surface area contributed by atoms with Gasteiger partial charge < -0.3 is 29.6 Å². The molecule has 320 valence electrons. The van der Waals surface area contributed by atoms with E-state index in [0.717, 1.165) is 72.9 Å². The van der Waals surface area contributed by atoms with Gasteiger partial charge in [0.05, 0.1) is 25.3 Å². The molecule has 0 fully saturated rings. The fourth-order valence-electron chi connectivity index (χ4n) is 8.63. The van der Waals surface area contributed by atoms with Gasteiger partial charge in [-0.15, -0.1) is 0 Å². The molecular weight excluding hydrogens is 779 g/mol. The molecule has 0 spiro atoms. The zero-order chi connectivity index (χ0) is 44.3. The van der Waals surface area contributed by atoms with Crippen molar-refractivity contribution in [1.82, 2.24) is 0 Å². The van der Waals surface area contributed by atoms with Crippen LogP contribution in [-0.2, 0) is 13.2 Å². The first-order valence-corrected chi connectivity index (χ1v) is 20.9. The zero-order valence-corrected chi connectivity index (χ0v) is 37.4. The summed E-state index contributed by atoms with van der Waals surface area (Å²) in [6.45, 7) is 17.7. The van der Waals surface area contributed by atoms with E-state index in [9.17, 15) is 8.78 Å². The molecule has 2 heterocycles. The van der Waals surface area contributed by atoms with Gasteiger partial charge >= 0.3 is 0 Å². The number of nitrogens with one attached hydrogen (secondary N) is 2. The lowest BCUT2D eigenvalue weighted by molar-refractivity contribution is 0.306. The number of rotatable bonds is 10. The Morgan fingerprint density at radius 2 is 0.935 bits per heavy atom. The van der Waals surface area contributed by atoms with E-state index in [-0.39, 0.29) is 22.7 Å². The summed E-state index contributed by atoms with van der Waals surface area (Å²) >= 11 is 0. The Balaban J connectivity index is 0.000000186. The highest BCUT2D eigenvalue weighted by Crippen LogP contribution is 2.45. The Hall–Kier alpha value is -6.54. The van der Waals surface area contributed by atoms with E-state index in [4.69, 9.17) is 18.9 Å². The van der Waals surface area contributed by atoms with Crippen molar-refractivity contribution in [3.63, 3.8) is 0 Å². The van der Waals surface area contributed by atoms with Crippen LogP contribution < -0.4 is 29.6 Å².